The highest BCUT2D eigenvalue weighted by Crippen LogP contribution is 2.45. The molecule has 166 valence electrons. The summed E-state index contributed by atoms with van der Waals surface area (Å²) in [6, 6.07) is 1.43. The molecule has 0 atom stereocenters. The van der Waals surface area contributed by atoms with E-state index in [1.807, 2.05) is 16.8 Å². The summed E-state index contributed by atoms with van der Waals surface area (Å²) >= 11 is 2.81. The first-order valence-electron chi connectivity index (χ1n) is 10.5. The van der Waals surface area contributed by atoms with Crippen LogP contribution < -0.4 is 10.6 Å². The summed E-state index contributed by atoms with van der Waals surface area (Å²) in [5.41, 5.74) is 0.295. The second kappa shape index (κ2) is 8.31. The number of hydrogen-bond acceptors (Lipinski definition) is 7. The van der Waals surface area contributed by atoms with Crippen molar-refractivity contribution in [3.8, 4) is 10.6 Å². The molecule has 1 saturated heterocycles. The molecule has 3 heterocycles. The van der Waals surface area contributed by atoms with Crippen molar-refractivity contribution in [3.05, 3.63) is 16.8 Å². The number of carbonyl (C=O) groups excluding carboxylic acids is 3. The molecule has 1 aliphatic heterocycles. The maximum absolute atomic E-state index is 13.1. The second-order valence-corrected chi connectivity index (χ2v) is 10.8. The Hall–Kier alpha value is -2.33. The summed E-state index contributed by atoms with van der Waals surface area (Å²) in [6.45, 7) is 6.38. The van der Waals surface area contributed by atoms with Gasteiger partial charge < -0.3 is 5.32 Å². The van der Waals surface area contributed by atoms with E-state index < -0.39 is 17.5 Å². The summed E-state index contributed by atoms with van der Waals surface area (Å²) in [7, 11) is 0. The second-order valence-electron chi connectivity index (χ2n) is 8.99. The van der Waals surface area contributed by atoms with Gasteiger partial charge in [0.05, 0.1) is 0 Å². The van der Waals surface area contributed by atoms with Gasteiger partial charge in [-0.15, -0.1) is 10.2 Å². The van der Waals surface area contributed by atoms with Crippen LogP contribution in [-0.4, -0.2) is 45.0 Å². The van der Waals surface area contributed by atoms with E-state index in [4.69, 9.17) is 0 Å². The summed E-state index contributed by atoms with van der Waals surface area (Å²) in [4.78, 5) is 39.2. The van der Waals surface area contributed by atoms with Crippen molar-refractivity contribution in [3.63, 3.8) is 0 Å². The van der Waals surface area contributed by atoms with Crippen LogP contribution in [0.15, 0.2) is 16.8 Å². The van der Waals surface area contributed by atoms with Crippen LogP contribution in [0.4, 0.5) is 9.93 Å². The SMILES string of the molecule is CCC(C)(C)C1CCC2(CC1)NC(=O)N(CC(=O)Nc1nnc(-c3ccsc3)s1)C2=O. The lowest BCUT2D eigenvalue weighted by molar-refractivity contribution is -0.135. The number of anilines is 1. The van der Waals surface area contributed by atoms with Gasteiger partial charge in [0.25, 0.3) is 5.91 Å². The lowest BCUT2D eigenvalue weighted by atomic mass is 9.65. The number of imide groups is 1. The molecule has 31 heavy (non-hydrogen) atoms. The molecule has 4 rings (SSSR count). The number of hydrogen-bond donors (Lipinski definition) is 2. The van der Waals surface area contributed by atoms with E-state index in [1.165, 1.54) is 11.3 Å². The van der Waals surface area contributed by atoms with Gasteiger partial charge in [-0.25, -0.2) is 4.79 Å². The Kier molecular flexibility index (Phi) is 5.87. The fourth-order valence-electron chi connectivity index (χ4n) is 4.42. The standard InChI is InChI=1S/C21H27N5O3S2/c1-4-20(2,3)14-5-8-21(9-6-14)17(28)26(19(29)23-21)11-15(27)22-18-25-24-16(31-18)13-7-10-30-12-13/h7,10,12,14H,4-6,8-9,11H2,1-3H3,(H,23,29)(H,22,25,27). The third kappa shape index (κ3) is 4.23. The van der Waals surface area contributed by atoms with Crippen molar-refractivity contribution in [2.24, 2.45) is 11.3 Å². The molecule has 1 aliphatic carbocycles. The van der Waals surface area contributed by atoms with Gasteiger partial charge in [-0.05, 0) is 48.5 Å². The van der Waals surface area contributed by atoms with Crippen LogP contribution >= 0.6 is 22.7 Å². The molecule has 2 fully saturated rings. The number of amides is 4. The fraction of sp³-hybridized carbons (Fsp3) is 0.571. The summed E-state index contributed by atoms with van der Waals surface area (Å²) in [6.07, 6.45) is 4.09. The Bertz CT molecular complexity index is 977. The Balaban J connectivity index is 1.37. The largest absolute Gasteiger partial charge is 0.325 e. The maximum atomic E-state index is 13.1. The van der Waals surface area contributed by atoms with Crippen LogP contribution in [0.3, 0.4) is 0 Å². The molecule has 0 aromatic carbocycles. The lowest BCUT2D eigenvalue weighted by Gasteiger charge is -2.42. The smallest absolute Gasteiger partial charge is 0.323 e. The van der Waals surface area contributed by atoms with Crippen molar-refractivity contribution >= 4 is 45.7 Å². The molecule has 1 saturated carbocycles. The molecule has 2 aliphatic rings. The summed E-state index contributed by atoms with van der Waals surface area (Å²) < 4.78 is 0. The Morgan fingerprint density at radius 2 is 2.06 bits per heavy atom. The third-order valence-electron chi connectivity index (χ3n) is 6.84. The fourth-order valence-corrected chi connectivity index (χ4v) is 5.89. The number of rotatable bonds is 6. The minimum atomic E-state index is -0.869. The highest BCUT2D eigenvalue weighted by molar-refractivity contribution is 7.19. The van der Waals surface area contributed by atoms with Gasteiger partial charge >= 0.3 is 6.03 Å². The predicted molar refractivity (Wildman–Crippen MR) is 121 cm³/mol. The molecule has 8 nitrogen and oxygen atoms in total. The van der Waals surface area contributed by atoms with Crippen LogP contribution in [0.5, 0.6) is 0 Å². The van der Waals surface area contributed by atoms with E-state index in [2.05, 4.69) is 41.6 Å². The average Bonchev–Trinajstić information content (AvgIpc) is 3.47. The van der Waals surface area contributed by atoms with Crippen LogP contribution in [0.1, 0.15) is 52.9 Å². The first-order chi connectivity index (χ1) is 14.7. The van der Waals surface area contributed by atoms with E-state index in [0.717, 1.165) is 29.7 Å². The van der Waals surface area contributed by atoms with Crippen molar-refractivity contribution in [1.82, 2.24) is 20.4 Å². The lowest BCUT2D eigenvalue weighted by Crippen LogP contribution is -2.51. The highest BCUT2D eigenvalue weighted by Gasteiger charge is 2.53. The zero-order valence-electron chi connectivity index (χ0n) is 17.9. The molecule has 0 unspecified atom stereocenters. The predicted octanol–water partition coefficient (Wildman–Crippen LogP) is 4.12. The summed E-state index contributed by atoms with van der Waals surface area (Å²) in [5, 5.41) is 18.5. The van der Waals surface area contributed by atoms with Gasteiger partial charge in [-0.1, -0.05) is 38.5 Å². The molecule has 2 aromatic rings. The number of nitrogens with one attached hydrogen (secondary N) is 2. The van der Waals surface area contributed by atoms with E-state index in [-0.39, 0.29) is 17.9 Å². The molecule has 2 N–H and O–H groups in total. The van der Waals surface area contributed by atoms with Gasteiger partial charge in [0.15, 0.2) is 0 Å². The minimum absolute atomic E-state index is 0.219. The Morgan fingerprint density at radius 1 is 1.32 bits per heavy atom. The van der Waals surface area contributed by atoms with Gasteiger partial charge in [0.1, 0.15) is 17.1 Å². The number of aromatic nitrogens is 2. The van der Waals surface area contributed by atoms with E-state index in [9.17, 15) is 14.4 Å². The quantitative estimate of drug-likeness (QED) is 0.630. The Labute approximate surface area is 189 Å². The van der Waals surface area contributed by atoms with Gasteiger partial charge in [-0.3, -0.25) is 19.8 Å². The molecule has 4 amide bonds. The molecule has 0 radical (unpaired) electrons. The molecular formula is C21H27N5O3S2. The number of nitrogens with zero attached hydrogens (tertiary/aromatic N) is 3. The zero-order chi connectivity index (χ0) is 22.2. The number of thiophene rings is 1. The van der Waals surface area contributed by atoms with Crippen LogP contribution in [0.25, 0.3) is 10.6 Å². The first kappa shape index (κ1) is 21.9. The third-order valence-corrected chi connectivity index (χ3v) is 8.41. The topological polar surface area (TPSA) is 104 Å². The normalized spacial score (nSPS) is 24.0. The molecule has 2 aromatic heterocycles. The average molecular weight is 462 g/mol. The van der Waals surface area contributed by atoms with E-state index in [0.29, 0.717) is 28.9 Å². The van der Waals surface area contributed by atoms with Crippen molar-refractivity contribution in [2.45, 2.75) is 58.4 Å². The molecule has 0 bridgehead atoms. The van der Waals surface area contributed by atoms with Crippen LogP contribution in [0.2, 0.25) is 0 Å². The van der Waals surface area contributed by atoms with Crippen LogP contribution in [-0.2, 0) is 9.59 Å². The number of carbonyl (C=O) groups is 3. The van der Waals surface area contributed by atoms with Gasteiger partial charge in [-0.2, -0.15) is 11.3 Å². The van der Waals surface area contributed by atoms with E-state index in [1.54, 1.807) is 11.3 Å². The first-order valence-corrected chi connectivity index (χ1v) is 12.3. The van der Waals surface area contributed by atoms with Crippen molar-refractivity contribution in [2.75, 3.05) is 11.9 Å². The monoisotopic (exact) mass is 461 g/mol. The minimum Gasteiger partial charge on any atom is -0.323 e. The summed E-state index contributed by atoms with van der Waals surface area (Å²) in [5.74, 6) is -0.231. The molecule has 1 spiro atoms. The number of urea groups is 1. The molecular weight excluding hydrogens is 434 g/mol. The van der Waals surface area contributed by atoms with Gasteiger partial charge in [0.2, 0.25) is 11.0 Å². The van der Waals surface area contributed by atoms with Crippen LogP contribution in [0, 0.1) is 11.3 Å². The molecule has 10 heteroatoms. The zero-order valence-corrected chi connectivity index (χ0v) is 19.6. The Morgan fingerprint density at radius 3 is 2.71 bits per heavy atom. The highest BCUT2D eigenvalue weighted by atomic mass is 32.1. The van der Waals surface area contributed by atoms with Crippen molar-refractivity contribution < 1.29 is 14.4 Å². The van der Waals surface area contributed by atoms with E-state index >= 15 is 0 Å². The van der Waals surface area contributed by atoms with Crippen molar-refractivity contribution in [1.29, 1.82) is 0 Å². The van der Waals surface area contributed by atoms with Gasteiger partial charge in [0, 0.05) is 10.9 Å². The maximum Gasteiger partial charge on any atom is 0.325 e.